The number of amides is 2. The number of nitrogens with one attached hydrogen (secondary N) is 1. The van der Waals surface area contributed by atoms with Crippen molar-refractivity contribution in [1.29, 1.82) is 0 Å². The van der Waals surface area contributed by atoms with E-state index in [4.69, 9.17) is 11.6 Å². The highest BCUT2D eigenvalue weighted by Crippen LogP contribution is 2.20. The Hall–Kier alpha value is -1.92. The molecule has 7 heteroatoms. The van der Waals surface area contributed by atoms with Gasteiger partial charge in [-0.25, -0.2) is 4.98 Å². The highest BCUT2D eigenvalue weighted by Gasteiger charge is 2.18. The van der Waals surface area contributed by atoms with Gasteiger partial charge in [0, 0.05) is 30.4 Å². The van der Waals surface area contributed by atoms with Gasteiger partial charge in [0.15, 0.2) is 5.13 Å². The summed E-state index contributed by atoms with van der Waals surface area (Å²) < 4.78 is 0. The fourth-order valence-corrected chi connectivity index (χ4v) is 2.83. The van der Waals surface area contributed by atoms with Crippen LogP contribution in [0.25, 0.3) is 0 Å². The lowest BCUT2D eigenvalue weighted by atomic mass is 10.2. The lowest BCUT2D eigenvalue weighted by Gasteiger charge is -2.20. The van der Waals surface area contributed by atoms with Crippen LogP contribution in [0.3, 0.4) is 0 Å². The number of carbonyl (C=O) groups excluding carboxylic acids is 2. The molecule has 1 aromatic carbocycles. The number of hydrogen-bond acceptors (Lipinski definition) is 4. The quantitative estimate of drug-likeness (QED) is 0.909. The molecule has 5 nitrogen and oxygen atoms in total. The Morgan fingerprint density at radius 1 is 1.36 bits per heavy atom. The van der Waals surface area contributed by atoms with Crippen molar-refractivity contribution in [2.45, 2.75) is 20.4 Å². The van der Waals surface area contributed by atoms with E-state index in [1.54, 1.807) is 16.3 Å². The van der Waals surface area contributed by atoms with Crippen LogP contribution in [0.5, 0.6) is 0 Å². The predicted octanol–water partition coefficient (Wildman–Crippen LogP) is 3.42. The van der Waals surface area contributed by atoms with E-state index in [1.165, 1.54) is 18.3 Å². The molecule has 0 aliphatic heterocycles. The van der Waals surface area contributed by atoms with Crippen LogP contribution in [-0.4, -0.2) is 28.2 Å². The first-order valence-corrected chi connectivity index (χ1v) is 8.02. The summed E-state index contributed by atoms with van der Waals surface area (Å²) in [6.45, 7) is 4.26. The summed E-state index contributed by atoms with van der Waals surface area (Å²) in [5, 5.41) is 5.27. The van der Waals surface area contributed by atoms with E-state index in [1.807, 2.05) is 25.1 Å². The first-order chi connectivity index (χ1) is 10.5. The van der Waals surface area contributed by atoms with Crippen LogP contribution in [0.1, 0.15) is 29.9 Å². The standard InChI is InChI=1S/C15H16ClN3O2S/c1-3-19(8-11-6-4-5-7-12(11)16)14(21)13-9-22-15(18-13)17-10(2)20/h4-7,9H,3,8H2,1-2H3,(H,17,18,20). The molecule has 1 N–H and O–H groups in total. The summed E-state index contributed by atoms with van der Waals surface area (Å²) in [7, 11) is 0. The van der Waals surface area contributed by atoms with Crippen LogP contribution in [0.4, 0.5) is 5.13 Å². The molecule has 0 saturated carbocycles. The molecule has 0 bridgehead atoms. The maximum absolute atomic E-state index is 12.5. The topological polar surface area (TPSA) is 62.3 Å². The van der Waals surface area contributed by atoms with E-state index >= 15 is 0 Å². The van der Waals surface area contributed by atoms with Gasteiger partial charge in [0.05, 0.1) is 0 Å². The van der Waals surface area contributed by atoms with Gasteiger partial charge in [0.1, 0.15) is 5.69 Å². The number of anilines is 1. The van der Waals surface area contributed by atoms with Gasteiger partial charge in [-0.3, -0.25) is 9.59 Å². The Balaban J connectivity index is 2.13. The van der Waals surface area contributed by atoms with Crippen LogP contribution >= 0.6 is 22.9 Å². The van der Waals surface area contributed by atoms with Crippen LogP contribution in [0.15, 0.2) is 29.6 Å². The molecule has 1 heterocycles. The number of halogens is 1. The number of nitrogens with zero attached hydrogens (tertiary/aromatic N) is 2. The van der Waals surface area contributed by atoms with E-state index in [-0.39, 0.29) is 11.8 Å². The average molecular weight is 338 g/mol. The van der Waals surface area contributed by atoms with Crippen molar-refractivity contribution in [3.63, 3.8) is 0 Å². The van der Waals surface area contributed by atoms with Crippen molar-refractivity contribution >= 4 is 39.9 Å². The van der Waals surface area contributed by atoms with Gasteiger partial charge in [-0.15, -0.1) is 11.3 Å². The molecular formula is C15H16ClN3O2S. The summed E-state index contributed by atoms with van der Waals surface area (Å²) in [4.78, 5) is 29.3. The average Bonchev–Trinajstić information content (AvgIpc) is 2.93. The number of rotatable bonds is 5. The number of benzene rings is 1. The summed E-state index contributed by atoms with van der Waals surface area (Å²) in [6.07, 6.45) is 0. The fourth-order valence-electron chi connectivity index (χ4n) is 1.90. The summed E-state index contributed by atoms with van der Waals surface area (Å²) in [5.74, 6) is -0.396. The van der Waals surface area contributed by atoms with Gasteiger partial charge in [0.25, 0.3) is 5.91 Å². The van der Waals surface area contributed by atoms with Crippen LogP contribution in [0.2, 0.25) is 5.02 Å². The second kappa shape index (κ2) is 7.38. The van der Waals surface area contributed by atoms with Gasteiger partial charge in [-0.1, -0.05) is 29.8 Å². The normalized spacial score (nSPS) is 10.3. The molecule has 0 aliphatic rings. The monoisotopic (exact) mass is 337 g/mol. The maximum Gasteiger partial charge on any atom is 0.273 e. The zero-order valence-corrected chi connectivity index (χ0v) is 13.9. The minimum Gasteiger partial charge on any atom is -0.333 e. The summed E-state index contributed by atoms with van der Waals surface area (Å²) in [6, 6.07) is 7.43. The van der Waals surface area contributed by atoms with E-state index in [9.17, 15) is 9.59 Å². The Morgan fingerprint density at radius 3 is 2.73 bits per heavy atom. The molecule has 116 valence electrons. The van der Waals surface area contributed by atoms with Crippen LogP contribution < -0.4 is 5.32 Å². The zero-order chi connectivity index (χ0) is 16.1. The van der Waals surface area contributed by atoms with E-state index in [0.29, 0.717) is 28.9 Å². The molecule has 0 radical (unpaired) electrons. The first-order valence-electron chi connectivity index (χ1n) is 6.77. The second-order valence-electron chi connectivity index (χ2n) is 4.63. The number of aromatic nitrogens is 1. The molecule has 2 rings (SSSR count). The molecule has 0 atom stereocenters. The molecular weight excluding hydrogens is 322 g/mol. The van der Waals surface area contributed by atoms with E-state index in [2.05, 4.69) is 10.3 Å². The molecule has 0 spiro atoms. The Bertz CT molecular complexity index is 687. The molecule has 22 heavy (non-hydrogen) atoms. The van der Waals surface area contributed by atoms with Gasteiger partial charge in [-0.2, -0.15) is 0 Å². The molecule has 0 saturated heterocycles. The van der Waals surface area contributed by atoms with Crippen LogP contribution in [-0.2, 0) is 11.3 Å². The molecule has 2 aromatic rings. The third-order valence-corrected chi connectivity index (χ3v) is 4.12. The van der Waals surface area contributed by atoms with E-state index < -0.39 is 0 Å². The Morgan fingerprint density at radius 2 is 2.09 bits per heavy atom. The number of thiazole rings is 1. The number of hydrogen-bond donors (Lipinski definition) is 1. The third-order valence-electron chi connectivity index (χ3n) is 2.99. The number of carbonyl (C=O) groups is 2. The van der Waals surface area contributed by atoms with Crippen molar-refractivity contribution in [3.05, 3.63) is 45.9 Å². The van der Waals surface area contributed by atoms with Crippen LogP contribution in [0, 0.1) is 0 Å². The fraction of sp³-hybridized carbons (Fsp3) is 0.267. The molecule has 2 amide bonds. The minimum absolute atomic E-state index is 0.185. The molecule has 1 aromatic heterocycles. The van der Waals surface area contributed by atoms with Crippen molar-refractivity contribution in [2.75, 3.05) is 11.9 Å². The van der Waals surface area contributed by atoms with E-state index in [0.717, 1.165) is 5.56 Å². The Labute approximate surface area is 137 Å². The predicted molar refractivity (Wildman–Crippen MR) is 88.3 cm³/mol. The third kappa shape index (κ3) is 4.05. The minimum atomic E-state index is -0.211. The molecule has 0 aliphatic carbocycles. The first kappa shape index (κ1) is 16.5. The highest BCUT2D eigenvalue weighted by molar-refractivity contribution is 7.14. The van der Waals surface area contributed by atoms with Gasteiger partial charge < -0.3 is 10.2 Å². The second-order valence-corrected chi connectivity index (χ2v) is 5.90. The largest absolute Gasteiger partial charge is 0.333 e. The molecule has 0 unspecified atom stereocenters. The summed E-state index contributed by atoms with van der Waals surface area (Å²) >= 11 is 7.37. The smallest absolute Gasteiger partial charge is 0.273 e. The van der Waals surface area contributed by atoms with Crippen molar-refractivity contribution < 1.29 is 9.59 Å². The lowest BCUT2D eigenvalue weighted by Crippen LogP contribution is -2.30. The van der Waals surface area contributed by atoms with Crippen molar-refractivity contribution in [3.8, 4) is 0 Å². The highest BCUT2D eigenvalue weighted by atomic mass is 35.5. The zero-order valence-electron chi connectivity index (χ0n) is 12.3. The van der Waals surface area contributed by atoms with Crippen molar-refractivity contribution in [1.82, 2.24) is 9.88 Å². The van der Waals surface area contributed by atoms with Crippen molar-refractivity contribution in [2.24, 2.45) is 0 Å². The molecule has 0 fully saturated rings. The SMILES string of the molecule is CCN(Cc1ccccc1Cl)C(=O)c1csc(NC(C)=O)n1. The van der Waals surface area contributed by atoms with Gasteiger partial charge in [-0.05, 0) is 18.6 Å². The maximum atomic E-state index is 12.5. The summed E-state index contributed by atoms with van der Waals surface area (Å²) in [5.41, 5.74) is 1.21. The Kier molecular flexibility index (Phi) is 5.51. The van der Waals surface area contributed by atoms with Gasteiger partial charge in [0.2, 0.25) is 5.91 Å². The van der Waals surface area contributed by atoms with Gasteiger partial charge >= 0.3 is 0 Å². The lowest BCUT2D eigenvalue weighted by molar-refractivity contribution is -0.114.